The Morgan fingerprint density at radius 1 is 1.17 bits per heavy atom. The summed E-state index contributed by atoms with van der Waals surface area (Å²) in [5.41, 5.74) is 3.83. The molecule has 6 rings (SSSR count). The topological polar surface area (TPSA) is 102 Å². The van der Waals surface area contributed by atoms with Gasteiger partial charge in [0.05, 0.1) is 22.5 Å². The molecule has 2 aromatic heterocycles. The van der Waals surface area contributed by atoms with Gasteiger partial charge in [-0.1, -0.05) is 0 Å². The number of hydrogen-bond donors (Lipinski definition) is 2. The maximum atomic E-state index is 14.5. The third-order valence-electron chi connectivity index (χ3n) is 6.60. The first-order valence-corrected chi connectivity index (χ1v) is 9.84. The van der Waals surface area contributed by atoms with Gasteiger partial charge in [-0.2, -0.15) is 0 Å². The highest BCUT2D eigenvalue weighted by Crippen LogP contribution is 2.45. The van der Waals surface area contributed by atoms with Gasteiger partial charge in [-0.25, -0.2) is 14.2 Å². The van der Waals surface area contributed by atoms with Crippen LogP contribution in [0.3, 0.4) is 0 Å². The van der Waals surface area contributed by atoms with Crippen LogP contribution in [-0.4, -0.2) is 25.7 Å². The van der Waals surface area contributed by atoms with E-state index in [0.29, 0.717) is 34.5 Å². The van der Waals surface area contributed by atoms with Crippen molar-refractivity contribution in [2.45, 2.75) is 45.1 Å². The fourth-order valence-corrected chi connectivity index (χ4v) is 5.13. The Morgan fingerprint density at radius 3 is 2.73 bits per heavy atom. The van der Waals surface area contributed by atoms with E-state index in [-0.39, 0.29) is 23.6 Å². The predicted octanol–water partition coefficient (Wildman–Crippen LogP) is 1.94. The molecule has 0 saturated heterocycles. The number of benzene rings is 1. The van der Waals surface area contributed by atoms with Gasteiger partial charge in [0.2, 0.25) is 0 Å². The number of halogens is 1. The summed E-state index contributed by atoms with van der Waals surface area (Å²) >= 11 is 0. The monoisotopic (exact) mass is 408 g/mol. The highest BCUT2D eigenvalue weighted by atomic mass is 19.1. The van der Waals surface area contributed by atoms with Crippen LogP contribution in [-0.2, 0) is 29.0 Å². The zero-order valence-electron chi connectivity index (χ0n) is 16.0. The van der Waals surface area contributed by atoms with Crippen LogP contribution in [0.1, 0.15) is 52.1 Å². The lowest BCUT2D eigenvalue weighted by molar-refractivity contribution is -0.157. The fourth-order valence-electron chi connectivity index (χ4n) is 5.13. The average molecular weight is 408 g/mol. The van der Waals surface area contributed by atoms with Crippen LogP contribution in [0.15, 0.2) is 16.9 Å². The van der Waals surface area contributed by atoms with Gasteiger partial charge >= 0.3 is 5.97 Å². The molecule has 4 heterocycles. The standard InChI is InChI=1S/C22H17FN2O5/c1-8-9-3-2-4-10-16(9)14(6-13(8)23)24-18-15-5-11-12(7-30-22(29)19(11)26)20(27)25(15)21(28)17(10)18/h5-6,19,21,26,28H,2-4,7H2,1H3. The Balaban J connectivity index is 1.72. The van der Waals surface area contributed by atoms with E-state index >= 15 is 0 Å². The van der Waals surface area contributed by atoms with Crippen LogP contribution in [0.2, 0.25) is 0 Å². The van der Waals surface area contributed by atoms with Gasteiger partial charge in [-0.05, 0) is 48.9 Å². The van der Waals surface area contributed by atoms with Gasteiger partial charge in [0.1, 0.15) is 12.4 Å². The number of pyridine rings is 2. The van der Waals surface area contributed by atoms with Crippen LogP contribution < -0.4 is 5.56 Å². The van der Waals surface area contributed by atoms with E-state index in [2.05, 4.69) is 4.98 Å². The number of aliphatic hydroxyl groups excluding tert-OH is 2. The molecule has 0 amide bonds. The van der Waals surface area contributed by atoms with Crippen molar-refractivity contribution in [1.82, 2.24) is 9.55 Å². The number of esters is 1. The summed E-state index contributed by atoms with van der Waals surface area (Å²) in [7, 11) is 0. The summed E-state index contributed by atoms with van der Waals surface area (Å²) in [6.45, 7) is 1.48. The largest absolute Gasteiger partial charge is 0.458 e. The number of carbonyl (C=O) groups excluding carboxylic acids is 1. The molecule has 2 atom stereocenters. The zero-order valence-corrected chi connectivity index (χ0v) is 16.0. The molecule has 30 heavy (non-hydrogen) atoms. The lowest BCUT2D eigenvalue weighted by Crippen LogP contribution is -2.33. The van der Waals surface area contributed by atoms with Gasteiger partial charge in [-0.15, -0.1) is 0 Å². The number of carbonyl (C=O) groups is 1. The number of fused-ring (bicyclic) bond motifs is 5. The summed E-state index contributed by atoms with van der Waals surface area (Å²) in [5, 5.41) is 22.2. The SMILES string of the molecule is Cc1c(F)cc2nc3c(c4c2c1CCC4)C(O)n1c-3cc2c(c1=O)COC(=O)C2O. The predicted molar refractivity (Wildman–Crippen MR) is 103 cm³/mol. The molecule has 152 valence electrons. The maximum Gasteiger partial charge on any atom is 0.340 e. The van der Waals surface area contributed by atoms with E-state index in [1.54, 1.807) is 6.92 Å². The van der Waals surface area contributed by atoms with Crippen molar-refractivity contribution < 1.29 is 24.1 Å². The minimum Gasteiger partial charge on any atom is -0.458 e. The average Bonchev–Trinajstić information content (AvgIpc) is 3.01. The van der Waals surface area contributed by atoms with Crippen LogP contribution in [0.5, 0.6) is 0 Å². The first-order valence-electron chi connectivity index (χ1n) is 9.84. The Hall–Kier alpha value is -3.10. The van der Waals surface area contributed by atoms with E-state index in [1.165, 1.54) is 16.7 Å². The van der Waals surface area contributed by atoms with Crippen LogP contribution in [0.25, 0.3) is 22.3 Å². The lowest BCUT2D eigenvalue weighted by Gasteiger charge is -2.23. The Bertz CT molecular complexity index is 1380. The molecule has 0 saturated carbocycles. The summed E-state index contributed by atoms with van der Waals surface area (Å²) in [6, 6.07) is 2.90. The molecule has 3 aliphatic rings. The quantitative estimate of drug-likeness (QED) is 0.552. The zero-order chi connectivity index (χ0) is 20.9. The van der Waals surface area contributed by atoms with E-state index < -0.39 is 23.9 Å². The molecule has 8 heteroatoms. The van der Waals surface area contributed by atoms with Crippen molar-refractivity contribution >= 4 is 16.9 Å². The number of aryl methyl sites for hydroxylation is 2. The van der Waals surface area contributed by atoms with Gasteiger partial charge in [-0.3, -0.25) is 9.36 Å². The second-order valence-electron chi connectivity index (χ2n) is 8.08. The molecule has 0 spiro atoms. The van der Waals surface area contributed by atoms with E-state index in [0.717, 1.165) is 29.4 Å². The molecule has 0 fully saturated rings. The van der Waals surface area contributed by atoms with Crippen LogP contribution >= 0.6 is 0 Å². The minimum absolute atomic E-state index is 0.137. The molecule has 0 bridgehead atoms. The maximum absolute atomic E-state index is 14.5. The molecule has 7 nitrogen and oxygen atoms in total. The van der Waals surface area contributed by atoms with Crippen LogP contribution in [0, 0.1) is 12.7 Å². The van der Waals surface area contributed by atoms with Gasteiger partial charge in [0.15, 0.2) is 12.3 Å². The smallest absolute Gasteiger partial charge is 0.340 e. The summed E-state index contributed by atoms with van der Waals surface area (Å²) in [6.07, 6.45) is -0.595. The first-order chi connectivity index (χ1) is 14.4. The highest BCUT2D eigenvalue weighted by molar-refractivity contribution is 5.92. The van der Waals surface area contributed by atoms with Gasteiger partial charge in [0, 0.05) is 22.6 Å². The third-order valence-corrected chi connectivity index (χ3v) is 6.60. The molecule has 2 aliphatic heterocycles. The van der Waals surface area contributed by atoms with Gasteiger partial charge < -0.3 is 14.9 Å². The van der Waals surface area contributed by atoms with Crippen LogP contribution in [0.4, 0.5) is 4.39 Å². The van der Waals surface area contributed by atoms with E-state index in [4.69, 9.17) is 4.74 Å². The fraction of sp³-hybridized carbons (Fsp3) is 0.318. The number of nitrogens with zero attached hydrogens (tertiary/aromatic N) is 2. The number of ether oxygens (including phenoxy) is 1. The van der Waals surface area contributed by atoms with Crippen molar-refractivity contribution in [2.75, 3.05) is 0 Å². The number of hydrogen-bond acceptors (Lipinski definition) is 6. The first kappa shape index (κ1) is 17.7. The Kier molecular flexibility index (Phi) is 3.39. The highest BCUT2D eigenvalue weighted by Gasteiger charge is 2.39. The Labute approximate surface area is 169 Å². The van der Waals surface area contributed by atoms with Gasteiger partial charge in [0.25, 0.3) is 5.56 Å². The van der Waals surface area contributed by atoms with Crippen molar-refractivity contribution in [3.8, 4) is 11.4 Å². The second kappa shape index (κ2) is 5.74. The van der Waals surface area contributed by atoms with Crippen molar-refractivity contribution in [1.29, 1.82) is 0 Å². The summed E-state index contributed by atoms with van der Waals surface area (Å²) < 4.78 is 20.6. The van der Waals surface area contributed by atoms with E-state index in [1.807, 2.05) is 0 Å². The Morgan fingerprint density at radius 2 is 1.93 bits per heavy atom. The van der Waals surface area contributed by atoms with E-state index in [9.17, 15) is 24.2 Å². The molecule has 0 radical (unpaired) electrons. The molecule has 2 N–H and O–H groups in total. The normalized spacial score (nSPS) is 21.3. The summed E-state index contributed by atoms with van der Waals surface area (Å²) in [4.78, 5) is 29.5. The van der Waals surface area contributed by atoms with Crippen molar-refractivity contribution in [3.05, 3.63) is 61.7 Å². The minimum atomic E-state index is -1.57. The van der Waals surface area contributed by atoms with Crippen molar-refractivity contribution in [2.24, 2.45) is 0 Å². The molecule has 1 aromatic carbocycles. The number of aliphatic hydroxyl groups is 2. The second-order valence-corrected chi connectivity index (χ2v) is 8.08. The summed E-state index contributed by atoms with van der Waals surface area (Å²) in [5.74, 6) is -1.16. The molecular formula is C22H17FN2O5. The third kappa shape index (κ3) is 2.02. The molecule has 3 aromatic rings. The number of aromatic nitrogens is 2. The number of rotatable bonds is 0. The molecule has 1 aliphatic carbocycles. The molecular weight excluding hydrogens is 391 g/mol. The van der Waals surface area contributed by atoms with Crippen molar-refractivity contribution in [3.63, 3.8) is 0 Å². The molecule has 2 unspecified atom stereocenters. The number of cyclic esters (lactones) is 1. The lowest BCUT2D eigenvalue weighted by atomic mass is 9.84.